The van der Waals surface area contributed by atoms with E-state index in [-0.39, 0.29) is 5.82 Å². The molecule has 2 N–H and O–H groups in total. The van der Waals surface area contributed by atoms with Gasteiger partial charge in [-0.15, -0.1) is 0 Å². The Kier molecular flexibility index (Phi) is 4.72. The number of hydrogen-bond donors (Lipinski definition) is 1. The molecule has 0 spiro atoms. The Balaban J connectivity index is 2.61. The minimum absolute atomic E-state index is 0.186. The fraction of sp³-hybridized carbons (Fsp3) is 0.500. The van der Waals surface area contributed by atoms with Gasteiger partial charge in [-0.25, -0.2) is 4.39 Å². The van der Waals surface area contributed by atoms with Crippen LogP contribution in [0.15, 0.2) is 24.3 Å². The highest BCUT2D eigenvalue weighted by Gasteiger charge is 2.08. The number of halogens is 1. The van der Waals surface area contributed by atoms with Gasteiger partial charge in [0.25, 0.3) is 0 Å². The summed E-state index contributed by atoms with van der Waals surface area (Å²) in [4.78, 5) is 2.27. The molecule has 1 aromatic rings. The maximum absolute atomic E-state index is 12.7. The molecule has 0 aromatic heterocycles. The fourth-order valence-corrected chi connectivity index (χ4v) is 1.51. The lowest BCUT2D eigenvalue weighted by molar-refractivity contribution is 0.219. The van der Waals surface area contributed by atoms with Gasteiger partial charge in [-0.05, 0) is 31.5 Å². The van der Waals surface area contributed by atoms with Crippen LogP contribution >= 0.6 is 0 Å². The molecule has 0 amide bonds. The Hall–Kier alpha value is -0.930. The van der Waals surface area contributed by atoms with E-state index in [0.29, 0.717) is 12.6 Å². The molecule has 0 atom stereocenters. The highest BCUT2D eigenvalue weighted by atomic mass is 19.1. The molecule has 0 aliphatic carbocycles. The Morgan fingerprint density at radius 2 is 1.87 bits per heavy atom. The lowest BCUT2D eigenvalue weighted by atomic mass is 10.2. The highest BCUT2D eigenvalue weighted by molar-refractivity contribution is 5.15. The van der Waals surface area contributed by atoms with Crippen molar-refractivity contribution in [1.82, 2.24) is 4.90 Å². The van der Waals surface area contributed by atoms with E-state index in [9.17, 15) is 4.39 Å². The van der Waals surface area contributed by atoms with Crippen LogP contribution in [0.25, 0.3) is 0 Å². The second kappa shape index (κ2) is 5.83. The third kappa shape index (κ3) is 3.98. The zero-order valence-corrected chi connectivity index (χ0v) is 9.41. The molecule has 0 radical (unpaired) electrons. The van der Waals surface area contributed by atoms with E-state index in [0.717, 1.165) is 18.7 Å². The molecule has 0 aliphatic heterocycles. The van der Waals surface area contributed by atoms with Crippen LogP contribution in [0.5, 0.6) is 0 Å². The molecule has 0 bridgehead atoms. The summed E-state index contributed by atoms with van der Waals surface area (Å²) in [5.74, 6) is -0.186. The Morgan fingerprint density at radius 3 is 2.33 bits per heavy atom. The summed E-state index contributed by atoms with van der Waals surface area (Å²) in [7, 11) is 0. The van der Waals surface area contributed by atoms with Crippen LogP contribution in [0.1, 0.15) is 19.4 Å². The zero-order valence-electron chi connectivity index (χ0n) is 9.41. The van der Waals surface area contributed by atoms with Gasteiger partial charge in [-0.2, -0.15) is 0 Å². The summed E-state index contributed by atoms with van der Waals surface area (Å²) in [6.07, 6.45) is 0. The van der Waals surface area contributed by atoms with E-state index in [1.807, 2.05) is 12.1 Å². The summed E-state index contributed by atoms with van der Waals surface area (Å²) in [5, 5.41) is 0. The molecule has 1 rings (SSSR count). The second-order valence-corrected chi connectivity index (χ2v) is 3.98. The molecule has 0 aliphatic rings. The van der Waals surface area contributed by atoms with Gasteiger partial charge in [-0.1, -0.05) is 12.1 Å². The van der Waals surface area contributed by atoms with Gasteiger partial charge >= 0.3 is 0 Å². The van der Waals surface area contributed by atoms with E-state index < -0.39 is 0 Å². The molecule has 0 heterocycles. The normalized spacial score (nSPS) is 11.3. The SMILES string of the molecule is CC(C)N(CCN)Cc1ccc(F)cc1. The smallest absolute Gasteiger partial charge is 0.123 e. The molecule has 0 saturated heterocycles. The minimum Gasteiger partial charge on any atom is -0.329 e. The zero-order chi connectivity index (χ0) is 11.3. The maximum atomic E-state index is 12.7. The number of nitrogens with zero attached hydrogens (tertiary/aromatic N) is 1. The maximum Gasteiger partial charge on any atom is 0.123 e. The number of nitrogens with two attached hydrogens (primary N) is 1. The Labute approximate surface area is 90.9 Å². The van der Waals surface area contributed by atoms with E-state index >= 15 is 0 Å². The standard InChI is InChI=1S/C12H19FN2/c1-10(2)15(8-7-14)9-11-3-5-12(13)6-4-11/h3-6,10H,7-9,14H2,1-2H3. The van der Waals surface area contributed by atoms with Gasteiger partial charge in [0.1, 0.15) is 5.82 Å². The second-order valence-electron chi connectivity index (χ2n) is 3.98. The molecule has 1 aromatic carbocycles. The molecule has 0 fully saturated rings. The van der Waals surface area contributed by atoms with E-state index in [2.05, 4.69) is 18.7 Å². The van der Waals surface area contributed by atoms with Crippen molar-refractivity contribution in [1.29, 1.82) is 0 Å². The summed E-state index contributed by atoms with van der Waals surface area (Å²) in [5.41, 5.74) is 6.67. The van der Waals surface area contributed by atoms with E-state index in [4.69, 9.17) is 5.73 Å². The van der Waals surface area contributed by atoms with Crippen molar-refractivity contribution >= 4 is 0 Å². The van der Waals surface area contributed by atoms with Gasteiger partial charge in [0.2, 0.25) is 0 Å². The van der Waals surface area contributed by atoms with Crippen LogP contribution in [0.3, 0.4) is 0 Å². The third-order valence-electron chi connectivity index (χ3n) is 2.45. The van der Waals surface area contributed by atoms with Crippen LogP contribution in [-0.2, 0) is 6.54 Å². The van der Waals surface area contributed by atoms with Crippen LogP contribution in [-0.4, -0.2) is 24.0 Å². The van der Waals surface area contributed by atoms with E-state index in [1.165, 1.54) is 12.1 Å². The molecule has 15 heavy (non-hydrogen) atoms. The van der Waals surface area contributed by atoms with Gasteiger partial charge in [0.05, 0.1) is 0 Å². The van der Waals surface area contributed by atoms with Crippen molar-refractivity contribution in [2.24, 2.45) is 5.73 Å². The first kappa shape index (κ1) is 12.1. The first-order chi connectivity index (χ1) is 7.13. The lowest BCUT2D eigenvalue weighted by Crippen LogP contribution is -2.34. The molecular formula is C12H19FN2. The third-order valence-corrected chi connectivity index (χ3v) is 2.45. The van der Waals surface area contributed by atoms with E-state index in [1.54, 1.807) is 0 Å². The molecule has 84 valence electrons. The molecule has 0 saturated carbocycles. The first-order valence-corrected chi connectivity index (χ1v) is 5.32. The van der Waals surface area contributed by atoms with Crippen molar-refractivity contribution in [2.75, 3.05) is 13.1 Å². The number of rotatable bonds is 5. The van der Waals surface area contributed by atoms with Crippen molar-refractivity contribution in [3.8, 4) is 0 Å². The molecule has 2 nitrogen and oxygen atoms in total. The average Bonchev–Trinajstić information content (AvgIpc) is 2.20. The number of hydrogen-bond acceptors (Lipinski definition) is 2. The predicted molar refractivity (Wildman–Crippen MR) is 61.0 cm³/mol. The van der Waals surface area contributed by atoms with Crippen LogP contribution in [0.4, 0.5) is 4.39 Å². The van der Waals surface area contributed by atoms with Gasteiger partial charge in [0, 0.05) is 25.7 Å². The summed E-state index contributed by atoms with van der Waals surface area (Å²) < 4.78 is 12.7. The average molecular weight is 210 g/mol. The Bertz CT molecular complexity index is 282. The molecule has 0 unspecified atom stereocenters. The predicted octanol–water partition coefficient (Wildman–Crippen LogP) is 1.99. The van der Waals surface area contributed by atoms with Crippen molar-refractivity contribution < 1.29 is 4.39 Å². The summed E-state index contributed by atoms with van der Waals surface area (Å²) in [6, 6.07) is 7.09. The van der Waals surface area contributed by atoms with Gasteiger partial charge in [-0.3, -0.25) is 4.90 Å². The lowest BCUT2D eigenvalue weighted by Gasteiger charge is -2.25. The minimum atomic E-state index is -0.186. The van der Waals surface area contributed by atoms with Crippen molar-refractivity contribution in [3.05, 3.63) is 35.6 Å². The Morgan fingerprint density at radius 1 is 1.27 bits per heavy atom. The fourth-order valence-electron chi connectivity index (χ4n) is 1.51. The van der Waals surface area contributed by atoms with Gasteiger partial charge in [0.15, 0.2) is 0 Å². The molecule has 3 heteroatoms. The monoisotopic (exact) mass is 210 g/mol. The topological polar surface area (TPSA) is 29.3 Å². The van der Waals surface area contributed by atoms with Crippen LogP contribution < -0.4 is 5.73 Å². The van der Waals surface area contributed by atoms with Crippen molar-refractivity contribution in [3.63, 3.8) is 0 Å². The van der Waals surface area contributed by atoms with Crippen LogP contribution in [0.2, 0.25) is 0 Å². The summed E-state index contributed by atoms with van der Waals surface area (Å²) in [6.45, 7) is 6.63. The number of benzene rings is 1. The molecular weight excluding hydrogens is 191 g/mol. The first-order valence-electron chi connectivity index (χ1n) is 5.32. The van der Waals surface area contributed by atoms with Crippen molar-refractivity contribution in [2.45, 2.75) is 26.4 Å². The highest BCUT2D eigenvalue weighted by Crippen LogP contribution is 2.08. The summed E-state index contributed by atoms with van der Waals surface area (Å²) >= 11 is 0. The largest absolute Gasteiger partial charge is 0.329 e. The quantitative estimate of drug-likeness (QED) is 0.805. The van der Waals surface area contributed by atoms with Crippen LogP contribution in [0, 0.1) is 5.82 Å². The van der Waals surface area contributed by atoms with Gasteiger partial charge < -0.3 is 5.73 Å².